The van der Waals surface area contributed by atoms with Crippen molar-refractivity contribution in [2.75, 3.05) is 18.1 Å². The molecule has 3 N–H and O–H groups in total. The van der Waals surface area contributed by atoms with E-state index in [2.05, 4.69) is 6.92 Å². The van der Waals surface area contributed by atoms with Crippen LogP contribution in [-0.4, -0.2) is 37.5 Å². The number of hydrogen-bond acceptors (Lipinski definition) is 4. The molecule has 5 nitrogen and oxygen atoms in total. The summed E-state index contributed by atoms with van der Waals surface area (Å²) in [5, 5.41) is 8.79. The van der Waals surface area contributed by atoms with Crippen molar-refractivity contribution < 1.29 is 18.3 Å². The summed E-state index contributed by atoms with van der Waals surface area (Å²) in [6.45, 7) is 6.46. The van der Waals surface area contributed by atoms with Gasteiger partial charge in [-0.3, -0.25) is 4.79 Å². The van der Waals surface area contributed by atoms with Crippen LogP contribution in [0.3, 0.4) is 0 Å². The molecule has 6 heteroatoms. The molecule has 0 aromatic heterocycles. The Hall–Kier alpha value is -0.620. The Labute approximate surface area is 117 Å². The topological polar surface area (TPSA) is 97.5 Å². The van der Waals surface area contributed by atoms with Crippen LogP contribution in [0.2, 0.25) is 0 Å². The Morgan fingerprint density at radius 3 is 1.95 bits per heavy atom. The smallest absolute Gasteiger partial charge is 0.307 e. The molecule has 116 valence electrons. The van der Waals surface area contributed by atoms with E-state index in [9.17, 15) is 13.2 Å². The Morgan fingerprint density at radius 2 is 1.68 bits per heavy atom. The fourth-order valence-electron chi connectivity index (χ4n) is 1.36. The van der Waals surface area contributed by atoms with Crippen LogP contribution in [0, 0.1) is 5.92 Å². The van der Waals surface area contributed by atoms with Gasteiger partial charge in [-0.05, 0) is 19.4 Å². The zero-order chi connectivity index (χ0) is 15.3. The average Bonchev–Trinajstić information content (AvgIpc) is 2.36. The van der Waals surface area contributed by atoms with Gasteiger partial charge in [0.15, 0.2) is 9.84 Å². The predicted octanol–water partition coefficient (Wildman–Crippen LogP) is 2.06. The molecule has 19 heavy (non-hydrogen) atoms. The molecule has 0 aromatic rings. The highest BCUT2D eigenvalue weighted by Gasteiger charge is 2.23. The van der Waals surface area contributed by atoms with E-state index in [0.29, 0.717) is 6.42 Å². The maximum absolute atomic E-state index is 11.2. The number of unbranched alkanes of at least 4 members (excludes halogenated alkanes) is 2. The summed E-state index contributed by atoms with van der Waals surface area (Å²) in [4.78, 5) is 10.7. The molecule has 1 unspecified atom stereocenters. The summed E-state index contributed by atoms with van der Waals surface area (Å²) in [5.74, 6) is -1.95. The van der Waals surface area contributed by atoms with E-state index >= 15 is 0 Å². The van der Waals surface area contributed by atoms with Crippen molar-refractivity contribution in [2.24, 2.45) is 11.7 Å². The lowest BCUT2D eigenvalue weighted by Gasteiger charge is -2.10. The fourth-order valence-corrected chi connectivity index (χ4v) is 2.52. The van der Waals surface area contributed by atoms with Crippen LogP contribution in [0.5, 0.6) is 0 Å². The van der Waals surface area contributed by atoms with E-state index in [1.165, 1.54) is 19.8 Å². The molecule has 0 heterocycles. The van der Waals surface area contributed by atoms with E-state index in [1.54, 1.807) is 0 Å². The summed E-state index contributed by atoms with van der Waals surface area (Å²) in [6, 6.07) is 0. The number of hydrogen-bond donors (Lipinski definition) is 2. The van der Waals surface area contributed by atoms with Gasteiger partial charge >= 0.3 is 5.97 Å². The molecule has 0 aliphatic heterocycles. The van der Waals surface area contributed by atoms with Crippen LogP contribution < -0.4 is 5.73 Å². The first-order chi connectivity index (χ1) is 8.84. The SMILES string of the molecule is CCCCC(CS(=O)(=O)CC)C(=O)O.CCCCN. The minimum atomic E-state index is -3.17. The minimum Gasteiger partial charge on any atom is -0.481 e. The van der Waals surface area contributed by atoms with Gasteiger partial charge in [-0.1, -0.05) is 40.0 Å². The molecule has 0 fully saturated rings. The second kappa shape index (κ2) is 12.4. The molecule has 0 amide bonds. The molecule has 0 spiro atoms. The third-order valence-corrected chi connectivity index (χ3v) is 4.50. The summed E-state index contributed by atoms with van der Waals surface area (Å²) in [5.41, 5.74) is 5.14. The van der Waals surface area contributed by atoms with Crippen LogP contribution in [-0.2, 0) is 14.6 Å². The molecular weight excluding hydrogens is 266 g/mol. The van der Waals surface area contributed by atoms with Crippen molar-refractivity contribution in [1.29, 1.82) is 0 Å². The van der Waals surface area contributed by atoms with Crippen molar-refractivity contribution in [3.05, 3.63) is 0 Å². The second-order valence-electron chi connectivity index (χ2n) is 4.52. The van der Waals surface area contributed by atoms with E-state index < -0.39 is 21.7 Å². The molecule has 0 aliphatic carbocycles. The number of rotatable bonds is 9. The molecule has 0 aromatic carbocycles. The van der Waals surface area contributed by atoms with Crippen LogP contribution in [0.1, 0.15) is 52.9 Å². The Bertz CT molecular complexity index is 313. The number of aliphatic carboxylic acids is 1. The quantitative estimate of drug-likeness (QED) is 0.678. The minimum absolute atomic E-state index is 0.0168. The summed E-state index contributed by atoms with van der Waals surface area (Å²) in [7, 11) is -3.17. The van der Waals surface area contributed by atoms with E-state index in [0.717, 1.165) is 19.4 Å². The predicted molar refractivity (Wildman–Crippen MR) is 78.9 cm³/mol. The van der Waals surface area contributed by atoms with E-state index in [1.807, 2.05) is 6.92 Å². The monoisotopic (exact) mass is 295 g/mol. The molecule has 1 atom stereocenters. The van der Waals surface area contributed by atoms with Crippen LogP contribution >= 0.6 is 0 Å². The van der Waals surface area contributed by atoms with Crippen molar-refractivity contribution in [3.8, 4) is 0 Å². The summed E-state index contributed by atoms with van der Waals surface area (Å²) in [6.07, 6.45) is 4.48. The third kappa shape index (κ3) is 13.6. The standard InChI is InChI=1S/C9H18O4S.C4H11N/c1-3-5-6-8(9(10)11)7-14(12,13)4-2;1-2-3-4-5/h8H,3-7H2,1-2H3,(H,10,11);2-5H2,1H3. The van der Waals surface area contributed by atoms with E-state index in [4.69, 9.17) is 10.8 Å². The first-order valence-corrected chi connectivity index (χ1v) is 8.79. The van der Waals surface area contributed by atoms with Crippen LogP contribution in [0.25, 0.3) is 0 Å². The van der Waals surface area contributed by atoms with Crippen molar-refractivity contribution in [1.82, 2.24) is 0 Å². The number of carboxylic acids is 1. The van der Waals surface area contributed by atoms with Gasteiger partial charge in [0.05, 0.1) is 11.7 Å². The lowest BCUT2D eigenvalue weighted by atomic mass is 10.1. The fraction of sp³-hybridized carbons (Fsp3) is 0.923. The molecule has 0 rings (SSSR count). The van der Waals surface area contributed by atoms with Gasteiger partial charge in [0.2, 0.25) is 0 Å². The zero-order valence-electron chi connectivity index (χ0n) is 12.4. The van der Waals surface area contributed by atoms with Crippen LogP contribution in [0.15, 0.2) is 0 Å². The Morgan fingerprint density at radius 1 is 1.16 bits per heavy atom. The van der Waals surface area contributed by atoms with Gasteiger partial charge < -0.3 is 10.8 Å². The summed E-state index contributed by atoms with van der Waals surface area (Å²) >= 11 is 0. The number of carboxylic acid groups (broad SMARTS) is 1. The number of sulfone groups is 1. The molecule has 0 saturated heterocycles. The lowest BCUT2D eigenvalue weighted by molar-refractivity contribution is -0.141. The highest BCUT2D eigenvalue weighted by atomic mass is 32.2. The highest BCUT2D eigenvalue weighted by Crippen LogP contribution is 2.12. The average molecular weight is 295 g/mol. The summed E-state index contributed by atoms with van der Waals surface area (Å²) < 4.78 is 22.4. The number of carbonyl (C=O) groups is 1. The molecule has 0 aliphatic rings. The molecule has 0 radical (unpaired) electrons. The molecule has 0 saturated carbocycles. The van der Waals surface area contributed by atoms with Gasteiger partial charge in [-0.2, -0.15) is 0 Å². The van der Waals surface area contributed by atoms with Gasteiger partial charge in [-0.15, -0.1) is 0 Å². The molecule has 0 bridgehead atoms. The maximum atomic E-state index is 11.2. The van der Waals surface area contributed by atoms with Crippen molar-refractivity contribution in [2.45, 2.75) is 52.9 Å². The normalized spacial score (nSPS) is 12.4. The van der Waals surface area contributed by atoms with Crippen LogP contribution in [0.4, 0.5) is 0 Å². The largest absolute Gasteiger partial charge is 0.481 e. The third-order valence-electron chi connectivity index (χ3n) is 2.71. The molecular formula is C13H29NO4S. The highest BCUT2D eigenvalue weighted by molar-refractivity contribution is 7.91. The zero-order valence-corrected chi connectivity index (χ0v) is 13.2. The van der Waals surface area contributed by atoms with Gasteiger partial charge in [0, 0.05) is 5.75 Å². The van der Waals surface area contributed by atoms with Gasteiger partial charge in [0.25, 0.3) is 0 Å². The first kappa shape index (κ1) is 20.7. The Kier molecular flexibility index (Phi) is 13.5. The van der Waals surface area contributed by atoms with E-state index in [-0.39, 0.29) is 11.5 Å². The first-order valence-electron chi connectivity index (χ1n) is 6.97. The second-order valence-corrected chi connectivity index (χ2v) is 6.92. The number of nitrogens with two attached hydrogens (primary N) is 1. The lowest BCUT2D eigenvalue weighted by Crippen LogP contribution is -2.24. The Balaban J connectivity index is 0. The maximum Gasteiger partial charge on any atom is 0.307 e. The van der Waals surface area contributed by atoms with Crippen molar-refractivity contribution in [3.63, 3.8) is 0 Å². The van der Waals surface area contributed by atoms with Crippen molar-refractivity contribution >= 4 is 15.8 Å². The van der Waals surface area contributed by atoms with Gasteiger partial charge in [0.1, 0.15) is 0 Å². The van der Waals surface area contributed by atoms with Gasteiger partial charge in [-0.25, -0.2) is 8.42 Å².